The number of benzene rings is 1. The Balaban J connectivity index is 2.04. The van der Waals surface area contributed by atoms with Gasteiger partial charge in [0.25, 0.3) is 0 Å². The summed E-state index contributed by atoms with van der Waals surface area (Å²) in [5.74, 6) is -0.445. The molecular formula is C15H16ClF3N2O2. The zero-order valence-corrected chi connectivity index (χ0v) is 13.2. The van der Waals surface area contributed by atoms with Crippen LogP contribution in [-0.2, 0) is 22.3 Å². The Bertz CT molecular complexity index is 619. The maximum absolute atomic E-state index is 12.8. The Morgan fingerprint density at radius 2 is 2.13 bits per heavy atom. The van der Waals surface area contributed by atoms with Gasteiger partial charge >= 0.3 is 6.18 Å². The highest BCUT2D eigenvalue weighted by Gasteiger charge is 2.35. The van der Waals surface area contributed by atoms with Crippen LogP contribution in [0.4, 0.5) is 13.2 Å². The van der Waals surface area contributed by atoms with Gasteiger partial charge in [-0.15, -0.1) is 0 Å². The van der Waals surface area contributed by atoms with Crippen LogP contribution >= 0.6 is 11.6 Å². The molecule has 1 unspecified atom stereocenters. The lowest BCUT2D eigenvalue weighted by molar-refractivity contribution is -0.137. The molecule has 1 atom stereocenters. The molecule has 0 aromatic heterocycles. The van der Waals surface area contributed by atoms with Gasteiger partial charge in [-0.2, -0.15) is 13.2 Å². The predicted octanol–water partition coefficient (Wildman–Crippen LogP) is 2.99. The van der Waals surface area contributed by atoms with E-state index in [4.69, 9.17) is 11.6 Å². The molecule has 1 aliphatic rings. The van der Waals surface area contributed by atoms with E-state index in [9.17, 15) is 22.8 Å². The van der Waals surface area contributed by atoms with Crippen LogP contribution in [0.1, 0.15) is 30.9 Å². The number of likely N-dealkylation sites (tertiary alicyclic amines) is 1. The van der Waals surface area contributed by atoms with Gasteiger partial charge in [0.1, 0.15) is 6.04 Å². The SMILES string of the molecule is CCN1C(=O)CCC1C(=O)NCc1ccc(Cl)c(C(F)(F)F)c1. The number of amides is 2. The third-order valence-corrected chi connectivity index (χ3v) is 4.10. The van der Waals surface area contributed by atoms with Crippen molar-refractivity contribution in [2.75, 3.05) is 6.54 Å². The minimum atomic E-state index is -4.55. The van der Waals surface area contributed by atoms with Gasteiger partial charge < -0.3 is 10.2 Å². The molecule has 1 saturated heterocycles. The van der Waals surface area contributed by atoms with Crippen LogP contribution in [0.5, 0.6) is 0 Å². The number of nitrogens with one attached hydrogen (secondary N) is 1. The number of halogens is 4. The summed E-state index contributed by atoms with van der Waals surface area (Å²) in [5.41, 5.74) is -0.639. The maximum atomic E-state index is 12.8. The van der Waals surface area contributed by atoms with Crippen molar-refractivity contribution < 1.29 is 22.8 Å². The molecule has 0 spiro atoms. The molecule has 4 nitrogen and oxygen atoms in total. The van der Waals surface area contributed by atoms with Gasteiger partial charge in [0.15, 0.2) is 0 Å². The van der Waals surface area contributed by atoms with Crippen molar-refractivity contribution in [3.8, 4) is 0 Å². The highest BCUT2D eigenvalue weighted by atomic mass is 35.5. The van der Waals surface area contributed by atoms with E-state index in [1.54, 1.807) is 6.92 Å². The summed E-state index contributed by atoms with van der Waals surface area (Å²) in [6, 6.07) is 2.94. The van der Waals surface area contributed by atoms with Crippen LogP contribution in [0.3, 0.4) is 0 Å². The number of alkyl halides is 3. The molecule has 126 valence electrons. The fourth-order valence-electron chi connectivity index (χ4n) is 2.61. The highest BCUT2D eigenvalue weighted by molar-refractivity contribution is 6.31. The molecule has 1 N–H and O–H groups in total. The standard InChI is InChI=1S/C15H16ClF3N2O2/c1-2-21-12(5-6-13(21)22)14(23)20-8-9-3-4-11(16)10(7-9)15(17,18)19/h3-4,7,12H,2,5-6,8H2,1H3,(H,20,23). The first kappa shape index (κ1) is 17.6. The number of hydrogen-bond donors (Lipinski definition) is 1. The number of carbonyl (C=O) groups excluding carboxylic acids is 2. The van der Waals surface area contributed by atoms with E-state index in [1.165, 1.54) is 11.0 Å². The number of carbonyl (C=O) groups is 2. The van der Waals surface area contributed by atoms with Crippen molar-refractivity contribution in [3.63, 3.8) is 0 Å². The molecule has 0 bridgehead atoms. The fraction of sp³-hybridized carbons (Fsp3) is 0.467. The van der Waals surface area contributed by atoms with Gasteiger partial charge in [-0.25, -0.2) is 0 Å². The van der Waals surface area contributed by atoms with Crippen LogP contribution < -0.4 is 5.32 Å². The first-order chi connectivity index (χ1) is 10.7. The number of nitrogens with zero attached hydrogens (tertiary/aromatic N) is 1. The molecule has 0 saturated carbocycles. The molecule has 1 aliphatic heterocycles. The van der Waals surface area contributed by atoms with Crippen molar-refractivity contribution in [2.45, 2.75) is 38.5 Å². The smallest absolute Gasteiger partial charge is 0.350 e. The lowest BCUT2D eigenvalue weighted by atomic mass is 10.1. The quantitative estimate of drug-likeness (QED) is 0.909. The summed E-state index contributed by atoms with van der Waals surface area (Å²) in [7, 11) is 0. The lowest BCUT2D eigenvalue weighted by Gasteiger charge is -2.22. The highest BCUT2D eigenvalue weighted by Crippen LogP contribution is 2.35. The molecule has 23 heavy (non-hydrogen) atoms. The van der Waals surface area contributed by atoms with Gasteiger partial charge in [0.05, 0.1) is 10.6 Å². The molecule has 1 fully saturated rings. The number of hydrogen-bond acceptors (Lipinski definition) is 2. The zero-order chi connectivity index (χ0) is 17.2. The molecule has 8 heteroatoms. The summed E-state index contributed by atoms with van der Waals surface area (Å²) in [6.45, 7) is 2.15. The topological polar surface area (TPSA) is 49.4 Å². The van der Waals surface area contributed by atoms with Crippen LogP contribution in [0, 0.1) is 0 Å². The second-order valence-corrected chi connectivity index (χ2v) is 5.67. The maximum Gasteiger partial charge on any atom is 0.417 e. The Labute approximate surface area is 136 Å². The van der Waals surface area contributed by atoms with E-state index in [1.807, 2.05) is 0 Å². The molecule has 2 rings (SSSR count). The first-order valence-electron chi connectivity index (χ1n) is 7.16. The van der Waals surface area contributed by atoms with Crippen LogP contribution in [0.15, 0.2) is 18.2 Å². The molecule has 1 aromatic rings. The normalized spacial score (nSPS) is 18.4. The largest absolute Gasteiger partial charge is 0.417 e. The fourth-order valence-corrected chi connectivity index (χ4v) is 2.83. The first-order valence-corrected chi connectivity index (χ1v) is 7.54. The zero-order valence-electron chi connectivity index (χ0n) is 12.4. The second-order valence-electron chi connectivity index (χ2n) is 5.26. The van der Waals surface area contributed by atoms with E-state index in [-0.39, 0.29) is 23.4 Å². The molecule has 1 aromatic carbocycles. The summed E-state index contributed by atoms with van der Waals surface area (Å²) in [5, 5.41) is 2.20. The van der Waals surface area contributed by atoms with E-state index in [0.29, 0.717) is 24.9 Å². The minimum absolute atomic E-state index is 0.0542. The molecule has 0 radical (unpaired) electrons. The van der Waals surface area contributed by atoms with Gasteiger partial charge in [0.2, 0.25) is 11.8 Å². The van der Waals surface area contributed by atoms with E-state index < -0.39 is 17.8 Å². The summed E-state index contributed by atoms with van der Waals surface area (Å²) >= 11 is 5.55. The van der Waals surface area contributed by atoms with Crippen molar-refractivity contribution in [3.05, 3.63) is 34.3 Å². The van der Waals surface area contributed by atoms with E-state index in [0.717, 1.165) is 12.1 Å². The van der Waals surface area contributed by atoms with Crippen molar-refractivity contribution in [2.24, 2.45) is 0 Å². The van der Waals surface area contributed by atoms with E-state index >= 15 is 0 Å². The summed E-state index contributed by atoms with van der Waals surface area (Å²) < 4.78 is 38.4. The third-order valence-electron chi connectivity index (χ3n) is 3.77. The van der Waals surface area contributed by atoms with Crippen molar-refractivity contribution in [1.82, 2.24) is 10.2 Å². The lowest BCUT2D eigenvalue weighted by Crippen LogP contribution is -2.44. The molecular weight excluding hydrogens is 333 g/mol. The average molecular weight is 349 g/mol. The second kappa shape index (κ2) is 6.78. The Morgan fingerprint density at radius 1 is 1.43 bits per heavy atom. The van der Waals surface area contributed by atoms with Gasteiger partial charge in [-0.1, -0.05) is 17.7 Å². The number of likely N-dealkylation sites (N-methyl/N-ethyl adjacent to an activating group) is 1. The van der Waals surface area contributed by atoms with Crippen LogP contribution in [-0.4, -0.2) is 29.3 Å². The van der Waals surface area contributed by atoms with Crippen molar-refractivity contribution in [1.29, 1.82) is 0 Å². The minimum Gasteiger partial charge on any atom is -0.350 e. The van der Waals surface area contributed by atoms with E-state index in [2.05, 4.69) is 5.32 Å². The average Bonchev–Trinajstić information content (AvgIpc) is 2.85. The summed E-state index contributed by atoms with van der Waals surface area (Å²) in [4.78, 5) is 25.2. The van der Waals surface area contributed by atoms with Crippen LogP contribution in [0.2, 0.25) is 5.02 Å². The third kappa shape index (κ3) is 3.96. The van der Waals surface area contributed by atoms with Crippen molar-refractivity contribution >= 4 is 23.4 Å². The Morgan fingerprint density at radius 3 is 2.74 bits per heavy atom. The van der Waals surface area contributed by atoms with Gasteiger partial charge in [-0.3, -0.25) is 9.59 Å². The monoisotopic (exact) mass is 348 g/mol. The molecule has 2 amide bonds. The number of rotatable bonds is 4. The Hall–Kier alpha value is -1.76. The van der Waals surface area contributed by atoms with Crippen LogP contribution in [0.25, 0.3) is 0 Å². The molecule has 1 heterocycles. The van der Waals surface area contributed by atoms with Gasteiger partial charge in [0, 0.05) is 19.5 Å². The Kier molecular flexibility index (Phi) is 5.19. The summed E-state index contributed by atoms with van der Waals surface area (Å²) in [6.07, 6.45) is -3.81. The molecule has 0 aliphatic carbocycles. The van der Waals surface area contributed by atoms with Gasteiger partial charge in [-0.05, 0) is 31.0 Å². The predicted molar refractivity (Wildman–Crippen MR) is 78.7 cm³/mol.